The maximum atomic E-state index is 7.20. The first-order chi connectivity index (χ1) is 10.6. The Morgan fingerprint density at radius 1 is 1.27 bits per heavy atom. The molecule has 0 aromatic carbocycles. The van der Waals surface area contributed by atoms with Gasteiger partial charge in [0.2, 0.25) is 6.04 Å². The molecule has 0 amide bonds. The van der Waals surface area contributed by atoms with E-state index >= 15 is 0 Å². The van der Waals surface area contributed by atoms with Crippen LogP contribution in [0.3, 0.4) is 0 Å². The zero-order chi connectivity index (χ0) is 15.9. The van der Waals surface area contributed by atoms with Crippen molar-refractivity contribution in [2.45, 2.75) is 52.5 Å². The normalized spacial score (nSPS) is 24.8. The SMILES string of the molecule is [C-]#[N+]C1C=CC(C)=C(/C=C(C)/C(C)=C/C=C2/C=CCCC2)C1. The molecule has 1 atom stereocenters. The zero-order valence-electron chi connectivity index (χ0n) is 13.9. The van der Waals surface area contributed by atoms with Crippen molar-refractivity contribution in [3.63, 3.8) is 0 Å². The molecule has 0 N–H and O–H groups in total. The molecule has 2 rings (SSSR count). The molecule has 0 bridgehead atoms. The topological polar surface area (TPSA) is 4.36 Å². The lowest BCUT2D eigenvalue weighted by Gasteiger charge is -2.12. The first-order valence-corrected chi connectivity index (χ1v) is 8.07. The van der Waals surface area contributed by atoms with Crippen LogP contribution in [0, 0.1) is 6.57 Å². The number of rotatable bonds is 3. The maximum Gasteiger partial charge on any atom is 0.246 e. The molecule has 0 radical (unpaired) electrons. The monoisotopic (exact) mass is 291 g/mol. The van der Waals surface area contributed by atoms with Crippen LogP contribution in [0.2, 0.25) is 0 Å². The largest absolute Gasteiger partial charge is 0.309 e. The molecule has 0 spiro atoms. The van der Waals surface area contributed by atoms with Gasteiger partial charge in [0, 0.05) is 0 Å². The Hall–Kier alpha value is -2.07. The third-order valence-corrected chi connectivity index (χ3v) is 4.40. The van der Waals surface area contributed by atoms with Crippen LogP contribution in [-0.2, 0) is 0 Å². The Balaban J connectivity index is 2.14. The lowest BCUT2D eigenvalue weighted by molar-refractivity contribution is 0.821. The van der Waals surface area contributed by atoms with E-state index in [1.165, 1.54) is 47.1 Å². The molecule has 1 nitrogen and oxygen atoms in total. The van der Waals surface area contributed by atoms with Gasteiger partial charge in [-0.1, -0.05) is 36.5 Å². The summed E-state index contributed by atoms with van der Waals surface area (Å²) in [5, 5.41) is 0. The highest BCUT2D eigenvalue weighted by atomic mass is 14.7. The fourth-order valence-electron chi connectivity index (χ4n) is 2.70. The van der Waals surface area contributed by atoms with Crippen molar-refractivity contribution in [1.82, 2.24) is 0 Å². The predicted octanol–water partition coefficient (Wildman–Crippen LogP) is 6.11. The van der Waals surface area contributed by atoms with Crippen molar-refractivity contribution >= 4 is 0 Å². The molecular weight excluding hydrogens is 266 g/mol. The summed E-state index contributed by atoms with van der Waals surface area (Å²) in [4.78, 5) is 3.65. The molecular formula is C21H25N. The highest BCUT2D eigenvalue weighted by Crippen LogP contribution is 2.25. The smallest absolute Gasteiger partial charge is 0.246 e. The van der Waals surface area contributed by atoms with Gasteiger partial charge in [0.15, 0.2) is 0 Å². The van der Waals surface area contributed by atoms with Crippen molar-refractivity contribution < 1.29 is 0 Å². The summed E-state index contributed by atoms with van der Waals surface area (Å²) in [7, 11) is 0. The van der Waals surface area contributed by atoms with E-state index in [0.717, 1.165) is 6.42 Å². The minimum atomic E-state index is 0.00142. The van der Waals surface area contributed by atoms with E-state index in [0.29, 0.717) is 0 Å². The fraction of sp³-hybridized carbons (Fsp3) is 0.381. The molecule has 22 heavy (non-hydrogen) atoms. The molecule has 0 saturated carbocycles. The van der Waals surface area contributed by atoms with Crippen LogP contribution < -0.4 is 0 Å². The van der Waals surface area contributed by atoms with Crippen molar-refractivity contribution in [3.8, 4) is 0 Å². The molecule has 1 heteroatoms. The quantitative estimate of drug-likeness (QED) is 0.436. The predicted molar refractivity (Wildman–Crippen MR) is 95.4 cm³/mol. The van der Waals surface area contributed by atoms with E-state index in [1.807, 2.05) is 6.08 Å². The summed E-state index contributed by atoms with van der Waals surface area (Å²) in [5.41, 5.74) is 6.56. The van der Waals surface area contributed by atoms with Gasteiger partial charge >= 0.3 is 0 Å². The number of hydrogen-bond donors (Lipinski definition) is 0. The van der Waals surface area contributed by atoms with Gasteiger partial charge in [-0.3, -0.25) is 0 Å². The molecule has 0 aliphatic heterocycles. The molecule has 1 unspecified atom stereocenters. The summed E-state index contributed by atoms with van der Waals surface area (Å²) >= 11 is 0. The average Bonchev–Trinajstić information content (AvgIpc) is 2.55. The van der Waals surface area contributed by atoms with Crippen LogP contribution >= 0.6 is 0 Å². The Kier molecular flexibility index (Phi) is 5.78. The molecule has 0 fully saturated rings. The third kappa shape index (κ3) is 4.46. The highest BCUT2D eigenvalue weighted by Gasteiger charge is 2.16. The summed E-state index contributed by atoms with van der Waals surface area (Å²) in [5.74, 6) is 0. The lowest BCUT2D eigenvalue weighted by Crippen LogP contribution is -2.04. The second-order valence-electron chi connectivity index (χ2n) is 6.18. The van der Waals surface area contributed by atoms with E-state index in [1.54, 1.807) is 0 Å². The lowest BCUT2D eigenvalue weighted by atomic mass is 9.92. The van der Waals surface area contributed by atoms with Gasteiger partial charge in [-0.2, -0.15) is 0 Å². The van der Waals surface area contributed by atoms with E-state index in [-0.39, 0.29) is 6.04 Å². The van der Waals surface area contributed by atoms with E-state index in [9.17, 15) is 0 Å². The molecule has 0 heterocycles. The molecule has 2 aliphatic carbocycles. The number of hydrogen-bond acceptors (Lipinski definition) is 0. The van der Waals surface area contributed by atoms with Crippen LogP contribution in [0.15, 0.2) is 70.4 Å². The fourth-order valence-corrected chi connectivity index (χ4v) is 2.70. The second kappa shape index (κ2) is 7.80. The van der Waals surface area contributed by atoms with Gasteiger partial charge in [0.1, 0.15) is 0 Å². The minimum Gasteiger partial charge on any atom is -0.309 e. The van der Waals surface area contributed by atoms with Crippen LogP contribution in [0.4, 0.5) is 0 Å². The molecule has 0 aromatic rings. The van der Waals surface area contributed by atoms with Crippen molar-refractivity contribution in [2.24, 2.45) is 0 Å². The van der Waals surface area contributed by atoms with Crippen LogP contribution in [0.5, 0.6) is 0 Å². The standard InChI is InChI=1S/C21H25N/c1-16(10-12-19-8-6-5-7-9-19)18(3)14-20-15-21(22-4)13-11-17(20)2/h6,8,10-14,21H,5,7,9,15H2,1-3H3/b16-10+,18-14+,19-12-. The summed E-state index contributed by atoms with van der Waals surface area (Å²) < 4.78 is 0. The van der Waals surface area contributed by atoms with Crippen LogP contribution in [0.1, 0.15) is 46.5 Å². The Labute approximate surface area is 134 Å². The van der Waals surface area contributed by atoms with Crippen LogP contribution in [0.25, 0.3) is 4.85 Å². The highest BCUT2D eigenvalue weighted by molar-refractivity contribution is 5.44. The summed E-state index contributed by atoms with van der Waals surface area (Å²) in [6.45, 7) is 13.7. The molecule has 114 valence electrons. The molecule has 2 aliphatic rings. The Morgan fingerprint density at radius 3 is 2.77 bits per heavy atom. The first-order valence-electron chi connectivity index (χ1n) is 8.07. The third-order valence-electron chi connectivity index (χ3n) is 4.40. The molecule has 0 aromatic heterocycles. The zero-order valence-corrected chi connectivity index (χ0v) is 13.9. The minimum absolute atomic E-state index is 0.00142. The Morgan fingerprint density at radius 2 is 2.09 bits per heavy atom. The number of allylic oxidation sites excluding steroid dienone is 10. The van der Waals surface area contributed by atoms with Gasteiger partial charge < -0.3 is 4.85 Å². The maximum absolute atomic E-state index is 7.20. The second-order valence-corrected chi connectivity index (χ2v) is 6.18. The van der Waals surface area contributed by atoms with Gasteiger partial charge in [-0.25, -0.2) is 6.57 Å². The van der Waals surface area contributed by atoms with Gasteiger partial charge in [-0.05, 0) is 74.0 Å². The number of nitrogens with zero attached hydrogens (tertiary/aromatic N) is 1. The van der Waals surface area contributed by atoms with Gasteiger partial charge in [-0.15, -0.1) is 0 Å². The van der Waals surface area contributed by atoms with Crippen molar-refractivity contribution in [1.29, 1.82) is 0 Å². The van der Waals surface area contributed by atoms with E-state index < -0.39 is 0 Å². The van der Waals surface area contributed by atoms with Crippen LogP contribution in [-0.4, -0.2) is 6.04 Å². The summed E-state index contributed by atoms with van der Waals surface area (Å²) in [6, 6.07) is 0.00142. The van der Waals surface area contributed by atoms with Gasteiger partial charge in [0.05, 0.1) is 6.42 Å². The Bertz CT molecular complexity index is 642. The van der Waals surface area contributed by atoms with Gasteiger partial charge in [0.25, 0.3) is 0 Å². The van der Waals surface area contributed by atoms with E-state index in [4.69, 9.17) is 6.57 Å². The first kappa shape index (κ1) is 16.3. The summed E-state index contributed by atoms with van der Waals surface area (Å²) in [6.07, 6.45) is 19.8. The average molecular weight is 291 g/mol. The van der Waals surface area contributed by atoms with Crippen molar-refractivity contribution in [2.75, 3.05) is 0 Å². The van der Waals surface area contributed by atoms with E-state index in [2.05, 4.69) is 62.1 Å². The van der Waals surface area contributed by atoms with Crippen molar-refractivity contribution in [3.05, 3.63) is 81.8 Å². The molecule has 0 saturated heterocycles.